The molecule has 0 aliphatic carbocycles. The van der Waals surface area contributed by atoms with Gasteiger partial charge in [-0.15, -0.1) is 0 Å². The third-order valence-electron chi connectivity index (χ3n) is 2.59. The summed E-state index contributed by atoms with van der Waals surface area (Å²) >= 11 is 1.99. The number of thioether (sulfide) groups is 1. The number of nitrogens with zero attached hydrogens (tertiary/aromatic N) is 2. The van der Waals surface area contributed by atoms with Crippen LogP contribution in [0.2, 0.25) is 0 Å². The van der Waals surface area contributed by atoms with Gasteiger partial charge >= 0.3 is 0 Å². The van der Waals surface area contributed by atoms with Gasteiger partial charge in [-0.2, -0.15) is 11.8 Å². The summed E-state index contributed by atoms with van der Waals surface area (Å²) in [4.78, 5) is 4.38. The molecule has 16 heavy (non-hydrogen) atoms. The molecule has 0 aliphatic rings. The quantitative estimate of drug-likeness (QED) is 0.710. The van der Waals surface area contributed by atoms with Crippen molar-refractivity contribution in [2.75, 3.05) is 11.5 Å². The Balaban J connectivity index is 2.28. The number of hydrogen-bond acceptors (Lipinski definition) is 3. The second-order valence-electron chi connectivity index (χ2n) is 4.03. The molecule has 1 atom stereocenters. The largest absolute Gasteiger partial charge is 0.337 e. The van der Waals surface area contributed by atoms with E-state index in [1.807, 2.05) is 18.1 Å². The predicted octanol–water partition coefficient (Wildman–Crippen LogP) is 2.31. The van der Waals surface area contributed by atoms with Crippen LogP contribution in [0.5, 0.6) is 0 Å². The molecule has 2 N–H and O–H groups in total. The third kappa shape index (κ3) is 5.03. The fraction of sp³-hybridized carbons (Fsp3) is 0.750. The first-order valence-corrected chi connectivity index (χ1v) is 7.25. The molecule has 1 aromatic heterocycles. The Labute approximate surface area is 103 Å². The van der Waals surface area contributed by atoms with Crippen LogP contribution in [-0.2, 0) is 13.0 Å². The summed E-state index contributed by atoms with van der Waals surface area (Å²) in [5, 5.41) is 0. The van der Waals surface area contributed by atoms with Crippen LogP contribution in [0, 0.1) is 0 Å². The summed E-state index contributed by atoms with van der Waals surface area (Å²) in [6.45, 7) is 5.39. The number of imidazole rings is 1. The lowest BCUT2D eigenvalue weighted by Crippen LogP contribution is -2.21. The van der Waals surface area contributed by atoms with Gasteiger partial charge in [0.1, 0.15) is 0 Å². The fourth-order valence-electron chi connectivity index (χ4n) is 1.54. The summed E-state index contributed by atoms with van der Waals surface area (Å²) in [6, 6.07) is 0.249. The van der Waals surface area contributed by atoms with E-state index in [1.165, 1.54) is 17.9 Å². The van der Waals surface area contributed by atoms with Crippen molar-refractivity contribution < 1.29 is 0 Å². The molecule has 1 heterocycles. The van der Waals surface area contributed by atoms with Crippen LogP contribution >= 0.6 is 11.8 Å². The topological polar surface area (TPSA) is 43.8 Å². The first kappa shape index (κ1) is 13.6. The van der Waals surface area contributed by atoms with E-state index in [1.54, 1.807) is 0 Å². The number of aromatic nitrogens is 2. The van der Waals surface area contributed by atoms with E-state index in [0.717, 1.165) is 25.1 Å². The maximum atomic E-state index is 5.90. The lowest BCUT2D eigenvalue weighted by Gasteiger charge is -2.05. The Bertz CT molecular complexity index is 286. The highest BCUT2D eigenvalue weighted by Gasteiger charge is 2.04. The zero-order valence-electron chi connectivity index (χ0n) is 10.4. The molecule has 0 fully saturated rings. The number of nitrogens with two attached hydrogens (primary N) is 1. The minimum atomic E-state index is 0.249. The molecule has 92 valence electrons. The average molecular weight is 241 g/mol. The van der Waals surface area contributed by atoms with Crippen molar-refractivity contribution in [3.8, 4) is 0 Å². The van der Waals surface area contributed by atoms with Gasteiger partial charge in [0, 0.05) is 25.2 Å². The molecular weight excluding hydrogens is 218 g/mol. The van der Waals surface area contributed by atoms with Crippen molar-refractivity contribution in [2.45, 2.75) is 45.7 Å². The van der Waals surface area contributed by atoms with E-state index in [2.05, 4.69) is 29.6 Å². The molecule has 1 unspecified atom stereocenters. The average Bonchev–Trinajstić information content (AvgIpc) is 2.72. The monoisotopic (exact) mass is 241 g/mol. The fourth-order valence-corrected chi connectivity index (χ4v) is 2.16. The summed E-state index contributed by atoms with van der Waals surface area (Å²) in [6.07, 6.45) is 7.18. The van der Waals surface area contributed by atoms with Gasteiger partial charge in [-0.1, -0.05) is 13.8 Å². The Morgan fingerprint density at radius 1 is 1.50 bits per heavy atom. The van der Waals surface area contributed by atoms with Crippen LogP contribution in [0.15, 0.2) is 12.5 Å². The Hall–Kier alpha value is -0.480. The molecule has 1 aromatic rings. The first-order chi connectivity index (χ1) is 7.76. The summed E-state index contributed by atoms with van der Waals surface area (Å²) in [5.74, 6) is 2.44. The zero-order chi connectivity index (χ0) is 11.8. The van der Waals surface area contributed by atoms with Crippen molar-refractivity contribution in [1.29, 1.82) is 0 Å². The van der Waals surface area contributed by atoms with Gasteiger partial charge in [-0.3, -0.25) is 0 Å². The van der Waals surface area contributed by atoms with Crippen molar-refractivity contribution in [3.63, 3.8) is 0 Å². The Morgan fingerprint density at radius 3 is 3.00 bits per heavy atom. The molecule has 3 nitrogen and oxygen atoms in total. The van der Waals surface area contributed by atoms with Gasteiger partial charge in [-0.25, -0.2) is 4.98 Å². The van der Waals surface area contributed by atoms with E-state index in [4.69, 9.17) is 5.73 Å². The van der Waals surface area contributed by atoms with E-state index < -0.39 is 0 Å². The lowest BCUT2D eigenvalue weighted by molar-refractivity contribution is 0.636. The minimum absolute atomic E-state index is 0.249. The van der Waals surface area contributed by atoms with Gasteiger partial charge in [0.25, 0.3) is 0 Å². The molecular formula is C12H23N3S. The van der Waals surface area contributed by atoms with Gasteiger partial charge in [0.15, 0.2) is 0 Å². The molecule has 4 heteroatoms. The van der Waals surface area contributed by atoms with E-state index in [-0.39, 0.29) is 6.04 Å². The second-order valence-corrected chi connectivity index (χ2v) is 5.42. The van der Waals surface area contributed by atoms with Crippen LogP contribution in [0.1, 0.15) is 32.4 Å². The van der Waals surface area contributed by atoms with Crippen LogP contribution < -0.4 is 5.73 Å². The van der Waals surface area contributed by atoms with Crippen LogP contribution in [-0.4, -0.2) is 27.1 Å². The molecule has 0 bridgehead atoms. The Morgan fingerprint density at radius 2 is 2.31 bits per heavy atom. The summed E-state index contributed by atoms with van der Waals surface area (Å²) in [7, 11) is 0. The minimum Gasteiger partial charge on any atom is -0.337 e. The van der Waals surface area contributed by atoms with Crippen LogP contribution in [0.25, 0.3) is 0 Å². The van der Waals surface area contributed by atoms with E-state index in [9.17, 15) is 0 Å². The third-order valence-corrected chi connectivity index (χ3v) is 3.58. The van der Waals surface area contributed by atoms with Crippen LogP contribution in [0.3, 0.4) is 0 Å². The summed E-state index contributed by atoms with van der Waals surface area (Å²) in [5.41, 5.74) is 7.02. The van der Waals surface area contributed by atoms with Gasteiger partial charge < -0.3 is 10.3 Å². The van der Waals surface area contributed by atoms with Gasteiger partial charge in [0.2, 0.25) is 0 Å². The van der Waals surface area contributed by atoms with Crippen molar-refractivity contribution >= 4 is 11.8 Å². The molecule has 0 amide bonds. The normalized spacial score (nSPS) is 12.9. The molecule has 0 aliphatic heterocycles. The van der Waals surface area contributed by atoms with E-state index in [0.29, 0.717) is 0 Å². The number of hydrogen-bond donors (Lipinski definition) is 1. The van der Waals surface area contributed by atoms with Gasteiger partial charge in [0.05, 0.1) is 12.0 Å². The number of rotatable bonds is 8. The van der Waals surface area contributed by atoms with Crippen molar-refractivity contribution in [1.82, 2.24) is 9.55 Å². The number of aryl methyl sites for hydroxylation is 1. The highest BCUT2D eigenvalue weighted by atomic mass is 32.2. The van der Waals surface area contributed by atoms with E-state index >= 15 is 0 Å². The Kier molecular flexibility index (Phi) is 6.57. The highest BCUT2D eigenvalue weighted by molar-refractivity contribution is 7.99. The smallest absolute Gasteiger partial charge is 0.0949 e. The second kappa shape index (κ2) is 7.74. The van der Waals surface area contributed by atoms with Crippen molar-refractivity contribution in [2.24, 2.45) is 5.73 Å². The molecule has 1 rings (SSSR count). The molecule has 0 saturated heterocycles. The maximum Gasteiger partial charge on any atom is 0.0949 e. The highest BCUT2D eigenvalue weighted by Crippen LogP contribution is 2.05. The lowest BCUT2D eigenvalue weighted by atomic mass is 10.1. The predicted molar refractivity (Wildman–Crippen MR) is 71.8 cm³/mol. The molecule has 0 aromatic carbocycles. The van der Waals surface area contributed by atoms with Crippen LogP contribution in [0.4, 0.5) is 0 Å². The SMILES string of the molecule is CCSCCCn1cnc(CC(N)CC)c1. The molecule has 0 radical (unpaired) electrons. The maximum absolute atomic E-state index is 5.90. The molecule has 0 saturated carbocycles. The first-order valence-electron chi connectivity index (χ1n) is 6.10. The summed E-state index contributed by atoms with van der Waals surface area (Å²) < 4.78 is 2.17. The molecule has 0 spiro atoms. The zero-order valence-corrected chi connectivity index (χ0v) is 11.2. The van der Waals surface area contributed by atoms with Crippen molar-refractivity contribution in [3.05, 3.63) is 18.2 Å². The standard InChI is InChI=1S/C12H23N3S/c1-3-11(13)8-12-9-15(10-14-12)6-5-7-16-4-2/h9-11H,3-8,13H2,1-2H3. The van der Waals surface area contributed by atoms with Gasteiger partial charge in [-0.05, 0) is 24.3 Å².